The lowest BCUT2D eigenvalue weighted by Crippen LogP contribution is -2.34. The van der Waals surface area contributed by atoms with Gasteiger partial charge >= 0.3 is 0 Å². The number of carbonyl (C=O) groups excluding carboxylic acids is 1. The van der Waals surface area contributed by atoms with Crippen molar-refractivity contribution >= 4 is 17.7 Å². The second-order valence-corrected chi connectivity index (χ2v) is 5.69. The number of nitrogens with one attached hydrogen (secondary N) is 1. The summed E-state index contributed by atoms with van der Waals surface area (Å²) in [6, 6.07) is 5.75. The molecule has 0 aliphatic carbocycles. The molecule has 18 heavy (non-hydrogen) atoms. The maximum atomic E-state index is 11.8. The summed E-state index contributed by atoms with van der Waals surface area (Å²) >= 11 is 1.71. The van der Waals surface area contributed by atoms with E-state index in [1.165, 1.54) is 6.42 Å². The predicted molar refractivity (Wildman–Crippen MR) is 72.0 cm³/mol. The van der Waals surface area contributed by atoms with Gasteiger partial charge in [0.05, 0.1) is 10.9 Å². The van der Waals surface area contributed by atoms with E-state index in [4.69, 9.17) is 4.84 Å². The monoisotopic (exact) mass is 266 g/mol. The number of nitrogens with zero attached hydrogens (tertiary/aromatic N) is 1. The molecule has 1 aliphatic heterocycles. The zero-order valence-electron chi connectivity index (χ0n) is 10.5. The van der Waals surface area contributed by atoms with Gasteiger partial charge in [-0.05, 0) is 37.7 Å². The van der Waals surface area contributed by atoms with Crippen LogP contribution in [-0.4, -0.2) is 21.9 Å². The van der Waals surface area contributed by atoms with Gasteiger partial charge in [0.1, 0.15) is 6.61 Å². The first-order valence-electron chi connectivity index (χ1n) is 6.21. The normalized spacial score (nSPS) is 19.5. The number of hydrogen-bond donors (Lipinski definition) is 1. The second kappa shape index (κ2) is 6.75. The fourth-order valence-corrected chi connectivity index (χ4v) is 3.06. The van der Waals surface area contributed by atoms with Crippen LogP contribution in [0.1, 0.15) is 30.7 Å². The van der Waals surface area contributed by atoms with Crippen molar-refractivity contribution in [3.05, 3.63) is 29.6 Å². The van der Waals surface area contributed by atoms with Crippen molar-refractivity contribution in [3.63, 3.8) is 0 Å². The molecule has 1 atom stereocenters. The van der Waals surface area contributed by atoms with Crippen LogP contribution in [0.4, 0.5) is 0 Å². The van der Waals surface area contributed by atoms with E-state index in [9.17, 15) is 4.79 Å². The van der Waals surface area contributed by atoms with Crippen molar-refractivity contribution in [2.45, 2.75) is 38.0 Å². The van der Waals surface area contributed by atoms with Gasteiger partial charge in [0.2, 0.25) is 0 Å². The first kappa shape index (κ1) is 13.4. The molecule has 1 aromatic rings. The van der Waals surface area contributed by atoms with Gasteiger partial charge in [0.15, 0.2) is 0 Å². The molecular formula is C13H18N2O2S. The number of rotatable bonds is 4. The molecule has 1 unspecified atom stereocenters. The van der Waals surface area contributed by atoms with Crippen LogP contribution in [0.15, 0.2) is 18.2 Å². The predicted octanol–water partition coefficient (Wildman–Crippen LogP) is 2.22. The lowest BCUT2D eigenvalue weighted by molar-refractivity contribution is -0.134. The average Bonchev–Trinajstić information content (AvgIpc) is 2.40. The largest absolute Gasteiger partial charge is 0.272 e. The maximum Gasteiger partial charge on any atom is 0.256 e. The standard InChI is InChI=1S/C13H18N2O2S/c1-10-5-4-6-11(14-10)9-17-15-13(16)12-7-2-3-8-18-12/h4-6,12H,2-3,7-9H2,1H3,(H,15,16). The molecule has 1 fully saturated rings. The number of pyridine rings is 1. The first-order chi connectivity index (χ1) is 8.75. The topological polar surface area (TPSA) is 51.2 Å². The zero-order valence-corrected chi connectivity index (χ0v) is 11.3. The lowest BCUT2D eigenvalue weighted by Gasteiger charge is -2.19. The number of carbonyl (C=O) groups is 1. The van der Waals surface area contributed by atoms with Crippen molar-refractivity contribution in [1.82, 2.24) is 10.5 Å². The Morgan fingerprint density at radius 3 is 3.17 bits per heavy atom. The highest BCUT2D eigenvalue weighted by Crippen LogP contribution is 2.24. The minimum Gasteiger partial charge on any atom is -0.272 e. The second-order valence-electron chi connectivity index (χ2n) is 4.38. The summed E-state index contributed by atoms with van der Waals surface area (Å²) in [6.45, 7) is 2.24. The Morgan fingerprint density at radius 1 is 1.56 bits per heavy atom. The molecule has 98 valence electrons. The molecule has 1 aliphatic rings. The number of thioether (sulfide) groups is 1. The van der Waals surface area contributed by atoms with E-state index in [2.05, 4.69) is 10.5 Å². The summed E-state index contributed by atoms with van der Waals surface area (Å²) in [5.74, 6) is 1.05. The van der Waals surface area contributed by atoms with Crippen LogP contribution < -0.4 is 5.48 Å². The summed E-state index contributed by atoms with van der Waals surface area (Å²) < 4.78 is 0. The fourth-order valence-electron chi connectivity index (χ4n) is 1.87. The third-order valence-corrected chi connectivity index (χ3v) is 4.19. The molecule has 2 rings (SSSR count). The minimum atomic E-state index is -0.0210. The van der Waals surface area contributed by atoms with Crippen LogP contribution in [0.3, 0.4) is 0 Å². The Kier molecular flexibility index (Phi) is 5.01. The third kappa shape index (κ3) is 3.99. The molecule has 5 heteroatoms. The molecule has 0 aromatic carbocycles. The number of aromatic nitrogens is 1. The molecule has 1 N–H and O–H groups in total. The average molecular weight is 266 g/mol. The first-order valence-corrected chi connectivity index (χ1v) is 7.26. The SMILES string of the molecule is Cc1cccc(CONC(=O)C2CCCCS2)n1. The lowest BCUT2D eigenvalue weighted by atomic mass is 10.2. The Hall–Kier alpha value is -1.07. The Balaban J connectivity index is 1.73. The van der Waals surface area contributed by atoms with Crippen LogP contribution in [0.25, 0.3) is 0 Å². The molecule has 4 nitrogen and oxygen atoms in total. The van der Waals surface area contributed by atoms with Crippen LogP contribution >= 0.6 is 11.8 Å². The van der Waals surface area contributed by atoms with Crippen LogP contribution in [-0.2, 0) is 16.2 Å². The van der Waals surface area contributed by atoms with Crippen molar-refractivity contribution < 1.29 is 9.63 Å². The molecule has 0 saturated carbocycles. The Morgan fingerprint density at radius 2 is 2.44 bits per heavy atom. The number of amides is 1. The highest BCUT2D eigenvalue weighted by atomic mass is 32.2. The van der Waals surface area contributed by atoms with Gasteiger partial charge in [-0.1, -0.05) is 12.5 Å². The summed E-state index contributed by atoms with van der Waals surface area (Å²) in [4.78, 5) is 21.3. The van der Waals surface area contributed by atoms with Crippen LogP contribution in [0.5, 0.6) is 0 Å². The zero-order chi connectivity index (χ0) is 12.8. The maximum absolute atomic E-state index is 11.8. The molecule has 2 heterocycles. The van der Waals surface area contributed by atoms with Gasteiger partial charge in [-0.15, -0.1) is 11.8 Å². The Bertz CT molecular complexity index is 406. The van der Waals surface area contributed by atoms with E-state index in [1.807, 2.05) is 25.1 Å². The smallest absolute Gasteiger partial charge is 0.256 e. The van der Waals surface area contributed by atoms with Crippen molar-refractivity contribution in [2.75, 3.05) is 5.75 Å². The number of hydrogen-bond acceptors (Lipinski definition) is 4. The summed E-state index contributed by atoms with van der Waals surface area (Å²) in [7, 11) is 0. The molecule has 0 radical (unpaired) electrons. The van der Waals surface area contributed by atoms with Gasteiger partial charge in [-0.3, -0.25) is 14.6 Å². The Labute approximate surface area is 111 Å². The van der Waals surface area contributed by atoms with E-state index in [0.29, 0.717) is 6.61 Å². The summed E-state index contributed by atoms with van der Waals surface area (Å²) in [6.07, 6.45) is 3.29. The summed E-state index contributed by atoms with van der Waals surface area (Å²) in [5.41, 5.74) is 4.30. The minimum absolute atomic E-state index is 0.0210. The van der Waals surface area contributed by atoms with E-state index in [0.717, 1.165) is 30.0 Å². The van der Waals surface area contributed by atoms with Crippen LogP contribution in [0.2, 0.25) is 0 Å². The molecular weight excluding hydrogens is 248 g/mol. The van der Waals surface area contributed by atoms with Gasteiger partial charge in [0.25, 0.3) is 5.91 Å². The highest BCUT2D eigenvalue weighted by molar-refractivity contribution is 8.00. The van der Waals surface area contributed by atoms with Gasteiger partial charge in [-0.25, -0.2) is 5.48 Å². The van der Waals surface area contributed by atoms with Gasteiger partial charge in [-0.2, -0.15) is 0 Å². The van der Waals surface area contributed by atoms with E-state index >= 15 is 0 Å². The molecule has 0 spiro atoms. The quantitative estimate of drug-likeness (QED) is 0.849. The molecule has 1 aromatic heterocycles. The van der Waals surface area contributed by atoms with Crippen LogP contribution in [0, 0.1) is 6.92 Å². The molecule has 0 bridgehead atoms. The number of aryl methyl sites for hydroxylation is 1. The van der Waals surface area contributed by atoms with Crippen molar-refractivity contribution in [2.24, 2.45) is 0 Å². The van der Waals surface area contributed by atoms with Crippen molar-refractivity contribution in [3.8, 4) is 0 Å². The van der Waals surface area contributed by atoms with E-state index in [1.54, 1.807) is 11.8 Å². The summed E-state index contributed by atoms with van der Waals surface area (Å²) in [5, 5.41) is 0.0456. The van der Waals surface area contributed by atoms with Gasteiger partial charge < -0.3 is 0 Å². The highest BCUT2D eigenvalue weighted by Gasteiger charge is 2.21. The van der Waals surface area contributed by atoms with Gasteiger partial charge in [0, 0.05) is 5.69 Å². The van der Waals surface area contributed by atoms with E-state index in [-0.39, 0.29) is 11.2 Å². The fraction of sp³-hybridized carbons (Fsp3) is 0.538. The number of hydroxylamine groups is 1. The van der Waals surface area contributed by atoms with E-state index < -0.39 is 0 Å². The molecule has 1 saturated heterocycles. The molecule has 1 amide bonds. The van der Waals surface area contributed by atoms with Crippen molar-refractivity contribution in [1.29, 1.82) is 0 Å². The third-order valence-electron chi connectivity index (χ3n) is 2.81.